The normalized spacial score (nSPS) is 31.8. The molecule has 1 heteroatoms. The summed E-state index contributed by atoms with van der Waals surface area (Å²) in [5.41, 5.74) is 0.240. The number of rotatable bonds is 2. The Labute approximate surface area is 69.2 Å². The van der Waals surface area contributed by atoms with Gasteiger partial charge in [-0.2, -0.15) is 0 Å². The molecule has 1 fully saturated rings. The first-order valence-corrected chi connectivity index (χ1v) is 4.52. The maximum absolute atomic E-state index is 11.4. The van der Waals surface area contributed by atoms with Crippen LogP contribution in [0.25, 0.3) is 0 Å². The van der Waals surface area contributed by atoms with Crippen molar-refractivity contribution in [2.24, 2.45) is 17.3 Å². The molecule has 2 unspecified atom stereocenters. The van der Waals surface area contributed by atoms with Crippen LogP contribution in [0.4, 0.5) is 0 Å². The summed E-state index contributed by atoms with van der Waals surface area (Å²) in [7, 11) is 0. The lowest BCUT2D eigenvalue weighted by Gasteiger charge is -2.42. The molecule has 1 nitrogen and oxygen atoms in total. The summed E-state index contributed by atoms with van der Waals surface area (Å²) in [5, 5.41) is 0. The first-order valence-electron chi connectivity index (χ1n) is 4.52. The molecular weight excluding hydrogens is 136 g/mol. The molecule has 0 saturated heterocycles. The van der Waals surface area contributed by atoms with Crippen LogP contribution in [0, 0.1) is 17.3 Å². The number of hydrogen-bond donors (Lipinski definition) is 0. The number of Topliss-reactive ketones (excluding diaryl/α,β-unsaturated/α-hetero) is 1. The Hall–Kier alpha value is -0.330. The molecule has 0 aromatic rings. The molecule has 0 spiro atoms. The van der Waals surface area contributed by atoms with Crippen LogP contribution in [0.5, 0.6) is 0 Å². The smallest absolute Gasteiger partial charge is 0.139 e. The summed E-state index contributed by atoms with van der Waals surface area (Å²) < 4.78 is 0. The molecule has 1 saturated carbocycles. The van der Waals surface area contributed by atoms with Gasteiger partial charge in [0.05, 0.1) is 0 Å². The molecule has 0 bridgehead atoms. The fourth-order valence-corrected chi connectivity index (χ4v) is 1.72. The van der Waals surface area contributed by atoms with Crippen molar-refractivity contribution in [2.75, 3.05) is 0 Å². The Kier molecular flexibility index (Phi) is 2.08. The molecule has 1 rings (SSSR count). The summed E-state index contributed by atoms with van der Waals surface area (Å²) in [4.78, 5) is 11.4. The molecule has 1 aliphatic rings. The Morgan fingerprint density at radius 3 is 2.36 bits per heavy atom. The summed E-state index contributed by atoms with van der Waals surface area (Å²) in [6, 6.07) is 0. The SMILES string of the molecule is CCC(C)(C)C1CC(C)C1=O. The van der Waals surface area contributed by atoms with Gasteiger partial charge in [-0.15, -0.1) is 0 Å². The molecule has 0 N–H and O–H groups in total. The average Bonchev–Trinajstić information content (AvgIpc) is 1.99. The van der Waals surface area contributed by atoms with Crippen molar-refractivity contribution in [1.82, 2.24) is 0 Å². The largest absolute Gasteiger partial charge is 0.299 e. The Balaban J connectivity index is 2.58. The highest BCUT2D eigenvalue weighted by atomic mass is 16.1. The molecule has 64 valence electrons. The van der Waals surface area contributed by atoms with Gasteiger partial charge < -0.3 is 0 Å². The van der Waals surface area contributed by atoms with Gasteiger partial charge in [-0.1, -0.05) is 34.1 Å². The van der Waals surface area contributed by atoms with Gasteiger partial charge in [0.1, 0.15) is 5.78 Å². The maximum Gasteiger partial charge on any atom is 0.139 e. The fraction of sp³-hybridized carbons (Fsp3) is 0.900. The quantitative estimate of drug-likeness (QED) is 0.597. The third-order valence-corrected chi connectivity index (χ3v) is 3.27. The van der Waals surface area contributed by atoms with Crippen LogP contribution in [-0.2, 0) is 4.79 Å². The Morgan fingerprint density at radius 2 is 2.09 bits per heavy atom. The highest BCUT2D eigenvalue weighted by Crippen LogP contribution is 2.43. The van der Waals surface area contributed by atoms with Crippen LogP contribution in [-0.4, -0.2) is 5.78 Å². The van der Waals surface area contributed by atoms with Crippen molar-refractivity contribution in [3.8, 4) is 0 Å². The van der Waals surface area contributed by atoms with Gasteiger partial charge in [0, 0.05) is 11.8 Å². The van der Waals surface area contributed by atoms with E-state index in [0.29, 0.717) is 17.6 Å². The van der Waals surface area contributed by atoms with Crippen LogP contribution in [0.3, 0.4) is 0 Å². The van der Waals surface area contributed by atoms with E-state index in [1.165, 1.54) is 0 Å². The second kappa shape index (κ2) is 2.62. The minimum atomic E-state index is 0.240. The highest BCUT2D eigenvalue weighted by Gasteiger charge is 2.44. The summed E-state index contributed by atoms with van der Waals surface area (Å²) >= 11 is 0. The van der Waals surface area contributed by atoms with Crippen molar-refractivity contribution in [3.63, 3.8) is 0 Å². The van der Waals surface area contributed by atoms with Crippen LogP contribution < -0.4 is 0 Å². The third kappa shape index (κ3) is 1.33. The number of carbonyl (C=O) groups excluding carboxylic acids is 1. The molecule has 0 aromatic carbocycles. The van der Waals surface area contributed by atoms with Crippen molar-refractivity contribution in [1.29, 1.82) is 0 Å². The van der Waals surface area contributed by atoms with E-state index < -0.39 is 0 Å². The Morgan fingerprint density at radius 1 is 1.55 bits per heavy atom. The standard InChI is InChI=1S/C10H18O/c1-5-10(3,4)8-6-7(2)9(8)11/h7-8H,5-6H2,1-4H3. The lowest BCUT2D eigenvalue weighted by Crippen LogP contribution is -2.44. The first-order chi connectivity index (χ1) is 4.99. The lowest BCUT2D eigenvalue weighted by atomic mass is 9.61. The number of hydrogen-bond acceptors (Lipinski definition) is 1. The van der Waals surface area contributed by atoms with Gasteiger partial charge >= 0.3 is 0 Å². The summed E-state index contributed by atoms with van der Waals surface area (Å²) in [5.74, 6) is 1.17. The average molecular weight is 154 g/mol. The zero-order valence-corrected chi connectivity index (χ0v) is 7.98. The van der Waals surface area contributed by atoms with Crippen LogP contribution in [0.2, 0.25) is 0 Å². The van der Waals surface area contributed by atoms with Gasteiger partial charge in [0.2, 0.25) is 0 Å². The van der Waals surface area contributed by atoms with E-state index >= 15 is 0 Å². The van der Waals surface area contributed by atoms with E-state index in [1.807, 2.05) is 6.92 Å². The molecule has 0 aromatic heterocycles. The maximum atomic E-state index is 11.4. The number of carbonyl (C=O) groups is 1. The lowest BCUT2D eigenvalue weighted by molar-refractivity contribution is -0.141. The Bertz CT molecular complexity index is 170. The van der Waals surface area contributed by atoms with E-state index in [9.17, 15) is 4.79 Å². The van der Waals surface area contributed by atoms with Crippen molar-refractivity contribution in [3.05, 3.63) is 0 Å². The number of ketones is 1. The molecular formula is C10H18O. The molecule has 1 aliphatic carbocycles. The van der Waals surface area contributed by atoms with E-state index in [1.54, 1.807) is 0 Å². The summed E-state index contributed by atoms with van der Waals surface area (Å²) in [6.07, 6.45) is 2.22. The van der Waals surface area contributed by atoms with E-state index in [-0.39, 0.29) is 5.41 Å². The molecule has 11 heavy (non-hydrogen) atoms. The van der Waals surface area contributed by atoms with Gasteiger partial charge in [-0.05, 0) is 11.8 Å². The van der Waals surface area contributed by atoms with Crippen LogP contribution in [0.1, 0.15) is 40.5 Å². The van der Waals surface area contributed by atoms with Crippen LogP contribution >= 0.6 is 0 Å². The van der Waals surface area contributed by atoms with Gasteiger partial charge in [0.25, 0.3) is 0 Å². The zero-order valence-electron chi connectivity index (χ0n) is 7.98. The minimum Gasteiger partial charge on any atom is -0.299 e. The van der Waals surface area contributed by atoms with Crippen LogP contribution in [0.15, 0.2) is 0 Å². The molecule has 0 heterocycles. The zero-order chi connectivity index (χ0) is 8.65. The predicted molar refractivity (Wildman–Crippen MR) is 46.4 cm³/mol. The second-order valence-electron chi connectivity index (χ2n) is 4.43. The van der Waals surface area contributed by atoms with Gasteiger partial charge in [-0.25, -0.2) is 0 Å². The van der Waals surface area contributed by atoms with E-state index in [4.69, 9.17) is 0 Å². The molecule has 0 radical (unpaired) electrons. The second-order valence-corrected chi connectivity index (χ2v) is 4.43. The highest BCUT2D eigenvalue weighted by molar-refractivity contribution is 5.89. The summed E-state index contributed by atoms with van der Waals surface area (Å²) in [6.45, 7) is 8.59. The molecule has 0 aliphatic heterocycles. The van der Waals surface area contributed by atoms with Crippen molar-refractivity contribution < 1.29 is 4.79 Å². The van der Waals surface area contributed by atoms with Crippen molar-refractivity contribution >= 4 is 5.78 Å². The van der Waals surface area contributed by atoms with E-state index in [0.717, 1.165) is 12.8 Å². The first kappa shape index (κ1) is 8.76. The fourth-order valence-electron chi connectivity index (χ4n) is 1.72. The topological polar surface area (TPSA) is 17.1 Å². The molecule has 0 amide bonds. The van der Waals surface area contributed by atoms with Crippen molar-refractivity contribution in [2.45, 2.75) is 40.5 Å². The van der Waals surface area contributed by atoms with Gasteiger partial charge in [0.15, 0.2) is 0 Å². The van der Waals surface area contributed by atoms with Gasteiger partial charge in [-0.3, -0.25) is 4.79 Å². The third-order valence-electron chi connectivity index (χ3n) is 3.27. The predicted octanol–water partition coefficient (Wildman–Crippen LogP) is 2.65. The monoisotopic (exact) mass is 154 g/mol. The van der Waals surface area contributed by atoms with E-state index in [2.05, 4.69) is 20.8 Å². The molecule has 2 atom stereocenters. The minimum absolute atomic E-state index is 0.240.